The fraction of sp³-hybridized carbons (Fsp3) is 0.222. The average Bonchev–Trinajstić information content (AvgIpc) is 2.58. The highest BCUT2D eigenvalue weighted by molar-refractivity contribution is 7.89. The Morgan fingerprint density at radius 2 is 1.20 bits per heavy atom. The predicted octanol–water partition coefficient (Wildman–Crippen LogP) is 1.87. The zero-order chi connectivity index (χ0) is 18.4. The number of benzene rings is 2. The molecule has 0 atom stereocenters. The molecule has 0 aliphatic rings. The predicted molar refractivity (Wildman–Crippen MR) is 95.7 cm³/mol. The summed E-state index contributed by atoms with van der Waals surface area (Å²) in [6, 6.07) is 13.3. The van der Waals surface area contributed by atoms with Crippen molar-refractivity contribution in [1.29, 1.82) is 0 Å². The van der Waals surface area contributed by atoms with E-state index in [4.69, 9.17) is 0 Å². The normalized spacial score (nSPS) is 11.0. The third-order valence-corrected chi connectivity index (χ3v) is 4.42. The molecule has 0 fully saturated rings. The summed E-state index contributed by atoms with van der Waals surface area (Å²) in [5, 5.41) is 0. The minimum atomic E-state index is -3.13. The van der Waals surface area contributed by atoms with E-state index in [1.165, 1.54) is 12.1 Å². The number of nitrogens with one attached hydrogen (secondary N) is 2. The lowest BCUT2D eigenvalue weighted by Crippen LogP contribution is -2.41. The summed E-state index contributed by atoms with van der Waals surface area (Å²) in [5.74, 6) is -0.978. The van der Waals surface area contributed by atoms with Crippen molar-refractivity contribution in [3.05, 3.63) is 70.8 Å². The van der Waals surface area contributed by atoms with E-state index in [0.29, 0.717) is 16.7 Å². The van der Waals surface area contributed by atoms with Gasteiger partial charge in [0.15, 0.2) is 9.84 Å². The van der Waals surface area contributed by atoms with Crippen LogP contribution in [-0.2, 0) is 22.0 Å². The molecule has 132 valence electrons. The average molecular weight is 360 g/mol. The second-order valence-electron chi connectivity index (χ2n) is 5.73. The first-order chi connectivity index (χ1) is 11.8. The van der Waals surface area contributed by atoms with Crippen LogP contribution in [0.3, 0.4) is 0 Å². The van der Waals surface area contributed by atoms with Crippen LogP contribution in [0.2, 0.25) is 0 Å². The number of hydrazine groups is 1. The third kappa shape index (κ3) is 5.72. The minimum absolute atomic E-state index is 0.0839. The molecule has 0 unspecified atom stereocenters. The highest BCUT2D eigenvalue weighted by Gasteiger charge is 2.10. The number of aryl methyl sites for hydroxylation is 1. The Labute approximate surface area is 147 Å². The first kappa shape index (κ1) is 18.7. The molecule has 2 aromatic carbocycles. The van der Waals surface area contributed by atoms with E-state index in [9.17, 15) is 18.0 Å². The smallest absolute Gasteiger partial charge is 0.267 e. The van der Waals surface area contributed by atoms with E-state index >= 15 is 0 Å². The topological polar surface area (TPSA) is 92.3 Å². The number of hydrogen-bond donors (Lipinski definition) is 2. The largest absolute Gasteiger partial charge is 0.269 e. The van der Waals surface area contributed by atoms with Gasteiger partial charge >= 0.3 is 0 Å². The van der Waals surface area contributed by atoms with E-state index in [1.54, 1.807) is 24.3 Å². The Bertz CT molecular complexity index is 857. The maximum atomic E-state index is 12.0. The quantitative estimate of drug-likeness (QED) is 0.796. The first-order valence-corrected chi connectivity index (χ1v) is 9.81. The molecule has 2 N–H and O–H groups in total. The van der Waals surface area contributed by atoms with Crippen molar-refractivity contribution in [2.75, 3.05) is 6.26 Å². The van der Waals surface area contributed by atoms with Gasteiger partial charge in [0.25, 0.3) is 11.8 Å². The van der Waals surface area contributed by atoms with Crippen LogP contribution in [0, 0.1) is 0 Å². The van der Waals surface area contributed by atoms with Gasteiger partial charge in [-0.15, -0.1) is 0 Å². The van der Waals surface area contributed by atoms with Crippen LogP contribution in [0.4, 0.5) is 0 Å². The van der Waals surface area contributed by atoms with Crippen LogP contribution in [0.15, 0.2) is 48.5 Å². The van der Waals surface area contributed by atoms with Crippen LogP contribution in [0.5, 0.6) is 0 Å². The van der Waals surface area contributed by atoms with Crippen LogP contribution in [0.1, 0.15) is 38.8 Å². The molecule has 0 spiro atoms. The van der Waals surface area contributed by atoms with Gasteiger partial charge in [-0.3, -0.25) is 20.4 Å². The number of sulfone groups is 1. The molecule has 0 aliphatic heterocycles. The van der Waals surface area contributed by atoms with Gasteiger partial charge in [-0.25, -0.2) is 8.42 Å². The molecule has 0 saturated heterocycles. The molecule has 7 heteroatoms. The minimum Gasteiger partial charge on any atom is -0.267 e. The van der Waals surface area contributed by atoms with Crippen molar-refractivity contribution >= 4 is 21.7 Å². The van der Waals surface area contributed by atoms with Crippen molar-refractivity contribution in [2.24, 2.45) is 0 Å². The number of amides is 2. The third-order valence-electron chi connectivity index (χ3n) is 3.56. The van der Waals surface area contributed by atoms with Gasteiger partial charge in [-0.1, -0.05) is 31.2 Å². The van der Waals surface area contributed by atoms with E-state index in [0.717, 1.165) is 18.2 Å². The Balaban J connectivity index is 1.94. The molecule has 2 rings (SSSR count). The van der Waals surface area contributed by atoms with Gasteiger partial charge in [-0.2, -0.15) is 0 Å². The summed E-state index contributed by atoms with van der Waals surface area (Å²) in [5.41, 5.74) is 7.17. The molecule has 0 radical (unpaired) electrons. The molecule has 2 amide bonds. The fourth-order valence-corrected chi connectivity index (χ4v) is 3.00. The Hall–Kier alpha value is -2.67. The maximum Gasteiger partial charge on any atom is 0.269 e. The highest BCUT2D eigenvalue weighted by Crippen LogP contribution is 2.08. The Morgan fingerprint density at radius 3 is 1.56 bits per heavy atom. The van der Waals surface area contributed by atoms with Gasteiger partial charge in [-0.05, 0) is 41.8 Å². The van der Waals surface area contributed by atoms with Gasteiger partial charge in [0.1, 0.15) is 0 Å². The lowest BCUT2D eigenvalue weighted by atomic mass is 10.1. The summed E-state index contributed by atoms with van der Waals surface area (Å²) < 4.78 is 22.5. The van der Waals surface area contributed by atoms with Crippen molar-refractivity contribution in [3.8, 4) is 0 Å². The number of carbonyl (C=O) groups excluding carboxylic acids is 2. The number of carbonyl (C=O) groups is 2. The molecule has 0 saturated carbocycles. The standard InChI is InChI=1S/C18H20N2O4S/c1-3-13-4-8-15(9-5-13)17(21)19-20-18(22)16-10-6-14(7-11-16)12-25(2,23)24/h4-11H,3,12H2,1-2H3,(H,19,21)(H,20,22). The van der Waals surface area contributed by atoms with Crippen LogP contribution >= 0.6 is 0 Å². The zero-order valence-corrected chi connectivity index (χ0v) is 14.9. The van der Waals surface area contributed by atoms with Crippen LogP contribution in [-0.4, -0.2) is 26.5 Å². The van der Waals surface area contributed by atoms with Crippen LogP contribution in [0.25, 0.3) is 0 Å². The lowest BCUT2D eigenvalue weighted by molar-refractivity contribution is 0.0846. The molecular weight excluding hydrogens is 340 g/mol. The van der Waals surface area contributed by atoms with Crippen molar-refractivity contribution in [1.82, 2.24) is 10.9 Å². The number of hydrogen-bond acceptors (Lipinski definition) is 4. The van der Waals surface area contributed by atoms with Crippen LogP contribution < -0.4 is 10.9 Å². The summed E-state index contributed by atoms with van der Waals surface area (Å²) >= 11 is 0. The zero-order valence-electron chi connectivity index (χ0n) is 14.1. The molecule has 2 aromatic rings. The number of rotatable bonds is 5. The molecule has 0 aromatic heterocycles. The van der Waals surface area contributed by atoms with Gasteiger partial charge < -0.3 is 0 Å². The summed E-state index contributed by atoms with van der Waals surface area (Å²) in [7, 11) is -3.13. The SMILES string of the molecule is CCc1ccc(C(=O)NNC(=O)c2ccc(CS(C)(=O)=O)cc2)cc1. The van der Waals surface area contributed by atoms with Gasteiger partial charge in [0.05, 0.1) is 5.75 Å². The summed E-state index contributed by atoms with van der Waals surface area (Å²) in [6.45, 7) is 2.02. The van der Waals surface area contributed by atoms with Crippen molar-refractivity contribution < 1.29 is 18.0 Å². The summed E-state index contributed by atoms with van der Waals surface area (Å²) in [4.78, 5) is 24.0. The fourth-order valence-electron chi connectivity index (χ4n) is 2.20. The molecule has 0 heterocycles. The van der Waals surface area contributed by atoms with Gasteiger partial charge in [0, 0.05) is 17.4 Å². The highest BCUT2D eigenvalue weighted by atomic mass is 32.2. The Kier molecular flexibility index (Phi) is 5.93. The monoisotopic (exact) mass is 360 g/mol. The lowest BCUT2D eigenvalue weighted by Gasteiger charge is -2.08. The van der Waals surface area contributed by atoms with E-state index in [2.05, 4.69) is 10.9 Å². The maximum absolute atomic E-state index is 12.0. The first-order valence-electron chi connectivity index (χ1n) is 7.75. The van der Waals surface area contributed by atoms with Crippen molar-refractivity contribution in [3.63, 3.8) is 0 Å². The molecule has 0 aliphatic carbocycles. The molecule has 6 nitrogen and oxygen atoms in total. The second-order valence-corrected chi connectivity index (χ2v) is 7.87. The molecule has 25 heavy (non-hydrogen) atoms. The molecular formula is C18H20N2O4S. The molecule has 0 bridgehead atoms. The van der Waals surface area contributed by atoms with Crippen molar-refractivity contribution in [2.45, 2.75) is 19.1 Å². The van der Waals surface area contributed by atoms with E-state index in [1.807, 2.05) is 19.1 Å². The van der Waals surface area contributed by atoms with E-state index < -0.39 is 21.7 Å². The Morgan fingerprint density at radius 1 is 0.800 bits per heavy atom. The van der Waals surface area contributed by atoms with Gasteiger partial charge in [0.2, 0.25) is 0 Å². The summed E-state index contributed by atoms with van der Waals surface area (Å²) in [6.07, 6.45) is 2.03. The van der Waals surface area contributed by atoms with E-state index in [-0.39, 0.29) is 5.75 Å². The second kappa shape index (κ2) is 7.94.